The maximum Gasteiger partial charge on any atom is 0.214 e. The molecule has 0 unspecified atom stereocenters. The van der Waals surface area contributed by atoms with Gasteiger partial charge in [-0.2, -0.15) is 0 Å². The first-order valence-electron chi connectivity index (χ1n) is 9.52. The Kier molecular flexibility index (Phi) is 6.26. The van der Waals surface area contributed by atoms with E-state index in [1.807, 2.05) is 0 Å². The van der Waals surface area contributed by atoms with Crippen LogP contribution in [0.2, 0.25) is 0 Å². The van der Waals surface area contributed by atoms with Crippen LogP contribution in [0, 0.1) is 11.6 Å². The quantitative estimate of drug-likeness (QED) is 0.711. The molecule has 29 heavy (non-hydrogen) atoms. The van der Waals surface area contributed by atoms with Crippen LogP contribution in [-0.4, -0.2) is 24.8 Å². The summed E-state index contributed by atoms with van der Waals surface area (Å²) in [5.41, 5.74) is -0.341. The molecule has 1 saturated carbocycles. The van der Waals surface area contributed by atoms with Crippen molar-refractivity contribution in [1.29, 1.82) is 0 Å². The lowest BCUT2D eigenvalue weighted by atomic mass is 9.89. The Balaban J connectivity index is 1.71. The number of nitrogens with one attached hydrogen (secondary N) is 1. The fourth-order valence-electron chi connectivity index (χ4n) is 3.53. The van der Waals surface area contributed by atoms with Crippen LogP contribution in [0.15, 0.2) is 42.5 Å². The minimum absolute atomic E-state index is 0.00485. The van der Waals surface area contributed by atoms with Crippen molar-refractivity contribution in [3.8, 4) is 5.75 Å². The number of ether oxygens (including phenoxy) is 1. The summed E-state index contributed by atoms with van der Waals surface area (Å²) in [6, 6.07) is 9.26. The molecular formula is C21H25F2NO4S. The van der Waals surface area contributed by atoms with Crippen LogP contribution in [0.4, 0.5) is 8.78 Å². The van der Waals surface area contributed by atoms with Crippen LogP contribution >= 0.6 is 0 Å². The fourth-order valence-corrected chi connectivity index (χ4v) is 4.51. The first-order valence-corrected chi connectivity index (χ1v) is 11.1. The monoisotopic (exact) mass is 425 g/mol. The molecule has 0 saturated heterocycles. The zero-order valence-electron chi connectivity index (χ0n) is 16.4. The lowest BCUT2D eigenvalue weighted by Crippen LogP contribution is -2.48. The van der Waals surface area contributed by atoms with Gasteiger partial charge in [0, 0.05) is 6.07 Å². The van der Waals surface area contributed by atoms with Crippen LogP contribution in [0.1, 0.15) is 44.2 Å². The molecule has 158 valence electrons. The van der Waals surface area contributed by atoms with E-state index in [0.29, 0.717) is 36.1 Å². The minimum atomic E-state index is -3.51. The summed E-state index contributed by atoms with van der Waals surface area (Å²) < 4.78 is 59.2. The van der Waals surface area contributed by atoms with Gasteiger partial charge in [-0.15, -0.1) is 0 Å². The second-order valence-electron chi connectivity index (χ2n) is 7.67. The SMILES string of the molecule is CC(C)S(=O)(=O)N[C@@H]1CCC[C@@]1(O)c1ccc(OCc2cc(F)cc(F)c2)cc1. The summed E-state index contributed by atoms with van der Waals surface area (Å²) in [5, 5.41) is 10.6. The van der Waals surface area contributed by atoms with Crippen molar-refractivity contribution in [2.24, 2.45) is 0 Å². The lowest BCUT2D eigenvalue weighted by molar-refractivity contribution is 0.0230. The molecule has 8 heteroatoms. The smallest absolute Gasteiger partial charge is 0.214 e. The molecule has 0 aromatic heterocycles. The average Bonchev–Trinajstić information content (AvgIpc) is 3.00. The summed E-state index contributed by atoms with van der Waals surface area (Å²) in [4.78, 5) is 0. The zero-order chi connectivity index (χ0) is 21.2. The number of rotatable bonds is 7. The Hall–Kier alpha value is -2.03. The van der Waals surface area contributed by atoms with Gasteiger partial charge >= 0.3 is 0 Å². The summed E-state index contributed by atoms with van der Waals surface area (Å²) in [6.07, 6.45) is 1.69. The van der Waals surface area contributed by atoms with Gasteiger partial charge in [-0.05, 0) is 68.5 Å². The van der Waals surface area contributed by atoms with E-state index in [1.54, 1.807) is 38.1 Å². The molecule has 0 bridgehead atoms. The molecular weight excluding hydrogens is 400 g/mol. The average molecular weight is 425 g/mol. The molecule has 1 aliphatic carbocycles. The van der Waals surface area contributed by atoms with Gasteiger partial charge in [-0.3, -0.25) is 0 Å². The Morgan fingerprint density at radius 1 is 1.17 bits per heavy atom. The number of benzene rings is 2. The standard InChI is InChI=1S/C21H25F2NO4S/c1-14(2)29(26,27)24-20-4-3-9-21(20,25)16-5-7-19(8-6-16)28-13-15-10-17(22)12-18(23)11-15/h5-8,10-12,14,20,24-25H,3-4,9,13H2,1-2H3/t20-,21-/m1/s1. The van der Waals surface area contributed by atoms with Gasteiger partial charge in [0.25, 0.3) is 0 Å². The largest absolute Gasteiger partial charge is 0.489 e. The predicted octanol–water partition coefficient (Wildman–Crippen LogP) is 3.61. The van der Waals surface area contributed by atoms with E-state index < -0.39 is 38.6 Å². The van der Waals surface area contributed by atoms with E-state index in [9.17, 15) is 22.3 Å². The molecule has 0 heterocycles. The first kappa shape index (κ1) is 21.7. The molecule has 2 N–H and O–H groups in total. The zero-order valence-corrected chi connectivity index (χ0v) is 17.2. The van der Waals surface area contributed by atoms with Crippen molar-refractivity contribution >= 4 is 10.0 Å². The van der Waals surface area contributed by atoms with Crippen LogP contribution in [-0.2, 0) is 22.2 Å². The highest BCUT2D eigenvalue weighted by Gasteiger charge is 2.44. The molecule has 0 radical (unpaired) electrons. The Bertz CT molecular complexity index is 943. The summed E-state index contributed by atoms with van der Waals surface area (Å²) in [5.74, 6) is -0.867. The summed E-state index contributed by atoms with van der Waals surface area (Å²) in [6.45, 7) is 3.18. The van der Waals surface area contributed by atoms with Gasteiger partial charge in [0.05, 0.1) is 11.3 Å². The molecule has 0 aliphatic heterocycles. The Morgan fingerprint density at radius 3 is 2.38 bits per heavy atom. The molecule has 2 atom stereocenters. The summed E-state index contributed by atoms with van der Waals surface area (Å²) >= 11 is 0. The number of halogens is 2. The summed E-state index contributed by atoms with van der Waals surface area (Å²) in [7, 11) is -3.51. The molecule has 0 spiro atoms. The maximum atomic E-state index is 13.3. The number of aliphatic hydroxyl groups is 1. The Morgan fingerprint density at radius 2 is 1.79 bits per heavy atom. The molecule has 2 aromatic carbocycles. The molecule has 1 aliphatic rings. The number of hydrogen-bond donors (Lipinski definition) is 2. The van der Waals surface area contributed by atoms with E-state index in [0.717, 1.165) is 6.07 Å². The van der Waals surface area contributed by atoms with Crippen LogP contribution in [0.25, 0.3) is 0 Å². The molecule has 5 nitrogen and oxygen atoms in total. The molecule has 1 fully saturated rings. The van der Waals surface area contributed by atoms with Crippen molar-refractivity contribution in [3.05, 3.63) is 65.2 Å². The van der Waals surface area contributed by atoms with E-state index in [1.165, 1.54) is 12.1 Å². The lowest BCUT2D eigenvalue weighted by Gasteiger charge is -2.31. The third kappa shape index (κ3) is 4.94. The van der Waals surface area contributed by atoms with Crippen molar-refractivity contribution in [1.82, 2.24) is 4.72 Å². The highest BCUT2D eigenvalue weighted by Crippen LogP contribution is 2.40. The van der Waals surface area contributed by atoms with Crippen molar-refractivity contribution in [2.45, 2.75) is 56.6 Å². The third-order valence-electron chi connectivity index (χ3n) is 5.24. The minimum Gasteiger partial charge on any atom is -0.489 e. The first-order chi connectivity index (χ1) is 13.6. The van der Waals surface area contributed by atoms with Gasteiger partial charge < -0.3 is 9.84 Å². The molecule has 2 aromatic rings. The van der Waals surface area contributed by atoms with Gasteiger partial charge in [0.1, 0.15) is 29.6 Å². The van der Waals surface area contributed by atoms with Crippen molar-refractivity contribution in [3.63, 3.8) is 0 Å². The molecule has 3 rings (SSSR count). The second kappa shape index (κ2) is 8.38. The Labute approximate surface area is 169 Å². The van der Waals surface area contributed by atoms with Gasteiger partial charge in [0.2, 0.25) is 10.0 Å². The van der Waals surface area contributed by atoms with Crippen LogP contribution in [0.3, 0.4) is 0 Å². The van der Waals surface area contributed by atoms with Gasteiger partial charge in [0.15, 0.2) is 0 Å². The van der Waals surface area contributed by atoms with E-state index in [4.69, 9.17) is 4.74 Å². The van der Waals surface area contributed by atoms with Crippen LogP contribution in [0.5, 0.6) is 5.75 Å². The van der Waals surface area contributed by atoms with Gasteiger partial charge in [-0.25, -0.2) is 21.9 Å². The highest BCUT2D eigenvalue weighted by atomic mass is 32.2. The van der Waals surface area contributed by atoms with Crippen molar-refractivity contribution in [2.75, 3.05) is 0 Å². The number of hydrogen-bond acceptors (Lipinski definition) is 4. The molecule has 0 amide bonds. The predicted molar refractivity (Wildman–Crippen MR) is 106 cm³/mol. The van der Waals surface area contributed by atoms with E-state index >= 15 is 0 Å². The van der Waals surface area contributed by atoms with E-state index in [-0.39, 0.29) is 6.61 Å². The van der Waals surface area contributed by atoms with Crippen LogP contribution < -0.4 is 9.46 Å². The van der Waals surface area contributed by atoms with Crippen molar-refractivity contribution < 1.29 is 27.0 Å². The third-order valence-corrected chi connectivity index (χ3v) is 7.09. The van der Waals surface area contributed by atoms with Gasteiger partial charge in [-0.1, -0.05) is 12.1 Å². The second-order valence-corrected chi connectivity index (χ2v) is 9.94. The normalized spacial score (nSPS) is 22.2. The topological polar surface area (TPSA) is 75.6 Å². The number of sulfonamides is 1. The maximum absolute atomic E-state index is 13.3. The fraction of sp³-hybridized carbons (Fsp3) is 0.429. The van der Waals surface area contributed by atoms with E-state index in [2.05, 4.69) is 4.72 Å². The highest BCUT2D eigenvalue weighted by molar-refractivity contribution is 7.90.